The lowest BCUT2D eigenvalue weighted by Crippen LogP contribution is -2.12. The van der Waals surface area contributed by atoms with Gasteiger partial charge in [0.25, 0.3) is 5.91 Å². The Kier molecular flexibility index (Phi) is 4.60. The summed E-state index contributed by atoms with van der Waals surface area (Å²) in [6.07, 6.45) is 0. The Balaban J connectivity index is 2.16. The molecule has 0 spiro atoms. The molecular weight excluding hydrogens is 361 g/mol. The summed E-state index contributed by atoms with van der Waals surface area (Å²) in [5, 5.41) is 2.86. The summed E-state index contributed by atoms with van der Waals surface area (Å²) in [5.41, 5.74) is 2.35. The summed E-state index contributed by atoms with van der Waals surface area (Å²) in [6, 6.07) is 15.0. The molecule has 2 nitrogen and oxygen atoms in total. The van der Waals surface area contributed by atoms with Crippen molar-refractivity contribution in [1.82, 2.24) is 0 Å². The fraction of sp³-hybridized carbons (Fsp3) is 0.0714. The minimum atomic E-state index is -0.121. The van der Waals surface area contributed by atoms with Gasteiger partial charge in [-0.3, -0.25) is 4.79 Å². The molecule has 0 heterocycles. The predicted octanol–water partition coefficient (Wildman–Crippen LogP) is 4.28. The van der Waals surface area contributed by atoms with Crippen molar-refractivity contribution in [2.45, 2.75) is 5.88 Å². The maximum absolute atomic E-state index is 12.0. The Hall–Kier alpha value is -1.07. The van der Waals surface area contributed by atoms with Gasteiger partial charge in [0, 0.05) is 20.7 Å². The van der Waals surface area contributed by atoms with E-state index in [0.29, 0.717) is 11.4 Å². The zero-order valence-corrected chi connectivity index (χ0v) is 12.4. The van der Waals surface area contributed by atoms with E-state index >= 15 is 0 Å². The van der Waals surface area contributed by atoms with Crippen LogP contribution in [0.5, 0.6) is 0 Å². The summed E-state index contributed by atoms with van der Waals surface area (Å²) in [7, 11) is 0. The van der Waals surface area contributed by atoms with Crippen molar-refractivity contribution in [2.24, 2.45) is 0 Å². The SMILES string of the molecule is O=C(Nc1cccc(I)c1)c1cccc(CCl)c1. The minimum Gasteiger partial charge on any atom is -0.322 e. The second-order valence-corrected chi connectivity index (χ2v) is 5.31. The number of carbonyl (C=O) groups is 1. The molecule has 0 bridgehead atoms. The van der Waals surface area contributed by atoms with Crippen molar-refractivity contribution in [3.8, 4) is 0 Å². The number of nitrogens with one attached hydrogen (secondary N) is 1. The van der Waals surface area contributed by atoms with E-state index in [-0.39, 0.29) is 5.91 Å². The Morgan fingerprint density at radius 1 is 1.17 bits per heavy atom. The molecule has 0 aliphatic rings. The molecule has 0 radical (unpaired) electrons. The summed E-state index contributed by atoms with van der Waals surface area (Å²) < 4.78 is 1.08. The van der Waals surface area contributed by atoms with Gasteiger partial charge >= 0.3 is 0 Å². The van der Waals surface area contributed by atoms with Crippen LogP contribution in [0, 0.1) is 3.57 Å². The van der Waals surface area contributed by atoms with Crippen LogP contribution in [0.2, 0.25) is 0 Å². The molecule has 1 amide bonds. The maximum Gasteiger partial charge on any atom is 0.255 e. The quantitative estimate of drug-likeness (QED) is 0.633. The molecule has 1 N–H and O–H groups in total. The van der Waals surface area contributed by atoms with Crippen LogP contribution >= 0.6 is 34.2 Å². The van der Waals surface area contributed by atoms with Crippen molar-refractivity contribution in [3.05, 3.63) is 63.2 Å². The van der Waals surface area contributed by atoms with Crippen LogP contribution < -0.4 is 5.32 Å². The number of halogens is 2. The molecule has 0 aliphatic heterocycles. The number of hydrogen-bond donors (Lipinski definition) is 1. The molecule has 92 valence electrons. The molecule has 18 heavy (non-hydrogen) atoms. The highest BCUT2D eigenvalue weighted by Gasteiger charge is 2.06. The minimum absolute atomic E-state index is 0.121. The first-order valence-electron chi connectivity index (χ1n) is 5.41. The van der Waals surface area contributed by atoms with E-state index in [4.69, 9.17) is 11.6 Å². The molecular formula is C14H11ClINO. The van der Waals surface area contributed by atoms with Gasteiger partial charge in [0.05, 0.1) is 0 Å². The Morgan fingerprint density at radius 3 is 2.67 bits per heavy atom. The van der Waals surface area contributed by atoms with E-state index in [1.807, 2.05) is 36.4 Å². The molecule has 0 unspecified atom stereocenters. The van der Waals surface area contributed by atoms with E-state index in [1.54, 1.807) is 12.1 Å². The first-order valence-corrected chi connectivity index (χ1v) is 7.02. The fourth-order valence-electron chi connectivity index (χ4n) is 1.57. The van der Waals surface area contributed by atoms with E-state index in [9.17, 15) is 4.79 Å². The Labute approximate surface area is 124 Å². The fourth-order valence-corrected chi connectivity index (χ4v) is 2.27. The first kappa shape index (κ1) is 13.4. The van der Waals surface area contributed by atoms with Gasteiger partial charge in [-0.1, -0.05) is 18.2 Å². The topological polar surface area (TPSA) is 29.1 Å². The lowest BCUT2D eigenvalue weighted by atomic mass is 10.1. The lowest BCUT2D eigenvalue weighted by Gasteiger charge is -2.06. The Bertz CT molecular complexity index is 571. The van der Waals surface area contributed by atoms with E-state index < -0.39 is 0 Å². The normalized spacial score (nSPS) is 10.1. The average Bonchev–Trinajstić information content (AvgIpc) is 2.39. The van der Waals surface area contributed by atoms with Crippen LogP contribution in [0.1, 0.15) is 15.9 Å². The van der Waals surface area contributed by atoms with Crippen LogP contribution in [0.3, 0.4) is 0 Å². The standard InChI is InChI=1S/C14H11ClINO/c15-9-10-3-1-4-11(7-10)14(18)17-13-6-2-5-12(16)8-13/h1-8H,9H2,(H,17,18). The number of carbonyl (C=O) groups excluding carboxylic acids is 1. The van der Waals surface area contributed by atoms with Crippen molar-refractivity contribution in [3.63, 3.8) is 0 Å². The first-order chi connectivity index (χ1) is 8.69. The Morgan fingerprint density at radius 2 is 1.94 bits per heavy atom. The molecule has 0 aromatic heterocycles. The number of hydrogen-bond acceptors (Lipinski definition) is 1. The van der Waals surface area contributed by atoms with Gasteiger partial charge < -0.3 is 5.32 Å². The van der Waals surface area contributed by atoms with Gasteiger partial charge in [0.15, 0.2) is 0 Å². The molecule has 4 heteroatoms. The van der Waals surface area contributed by atoms with Crippen molar-refractivity contribution in [2.75, 3.05) is 5.32 Å². The summed E-state index contributed by atoms with van der Waals surface area (Å²) in [5.74, 6) is 0.286. The third-order valence-electron chi connectivity index (χ3n) is 2.43. The van der Waals surface area contributed by atoms with Crippen molar-refractivity contribution in [1.29, 1.82) is 0 Å². The zero-order chi connectivity index (χ0) is 13.0. The third-order valence-corrected chi connectivity index (χ3v) is 3.41. The van der Waals surface area contributed by atoms with Crippen molar-refractivity contribution >= 4 is 45.8 Å². The predicted molar refractivity (Wildman–Crippen MR) is 83.1 cm³/mol. The molecule has 0 atom stereocenters. The molecule has 0 aliphatic carbocycles. The van der Waals surface area contributed by atoms with Gasteiger partial charge in [-0.25, -0.2) is 0 Å². The van der Waals surface area contributed by atoms with Crippen molar-refractivity contribution < 1.29 is 4.79 Å². The van der Waals surface area contributed by atoms with Crippen LogP contribution in [0.4, 0.5) is 5.69 Å². The lowest BCUT2D eigenvalue weighted by molar-refractivity contribution is 0.102. The molecule has 2 aromatic carbocycles. The third kappa shape index (κ3) is 3.46. The number of benzene rings is 2. The van der Waals surface area contributed by atoms with Crippen LogP contribution in [-0.4, -0.2) is 5.91 Å². The summed E-state index contributed by atoms with van der Waals surface area (Å²) in [6.45, 7) is 0. The number of rotatable bonds is 3. The number of anilines is 1. The highest BCUT2D eigenvalue weighted by molar-refractivity contribution is 14.1. The van der Waals surface area contributed by atoms with Gasteiger partial charge in [0.1, 0.15) is 0 Å². The van der Waals surface area contributed by atoms with E-state index in [1.165, 1.54) is 0 Å². The highest BCUT2D eigenvalue weighted by atomic mass is 127. The van der Waals surface area contributed by atoms with Gasteiger partial charge in [-0.15, -0.1) is 11.6 Å². The number of alkyl halides is 1. The largest absolute Gasteiger partial charge is 0.322 e. The summed E-state index contributed by atoms with van der Waals surface area (Å²) >= 11 is 7.96. The molecule has 0 fully saturated rings. The molecule has 0 saturated carbocycles. The van der Waals surface area contributed by atoms with Gasteiger partial charge in [-0.2, -0.15) is 0 Å². The van der Waals surface area contributed by atoms with Gasteiger partial charge in [0.2, 0.25) is 0 Å². The van der Waals surface area contributed by atoms with Crippen LogP contribution in [-0.2, 0) is 5.88 Å². The smallest absolute Gasteiger partial charge is 0.255 e. The average molecular weight is 372 g/mol. The second kappa shape index (κ2) is 6.20. The van der Waals surface area contributed by atoms with Gasteiger partial charge in [-0.05, 0) is 58.5 Å². The monoisotopic (exact) mass is 371 g/mol. The van der Waals surface area contributed by atoms with Crippen LogP contribution in [0.15, 0.2) is 48.5 Å². The highest BCUT2D eigenvalue weighted by Crippen LogP contribution is 2.14. The zero-order valence-electron chi connectivity index (χ0n) is 9.49. The van der Waals surface area contributed by atoms with E-state index in [0.717, 1.165) is 14.8 Å². The van der Waals surface area contributed by atoms with E-state index in [2.05, 4.69) is 27.9 Å². The van der Waals surface area contributed by atoms with Crippen LogP contribution in [0.25, 0.3) is 0 Å². The molecule has 2 rings (SSSR count). The summed E-state index contributed by atoms with van der Waals surface area (Å²) in [4.78, 5) is 12.0. The maximum atomic E-state index is 12.0. The second-order valence-electron chi connectivity index (χ2n) is 3.80. The number of amides is 1. The molecule has 0 saturated heterocycles. The molecule has 2 aromatic rings.